The molecule has 0 radical (unpaired) electrons. The molecule has 3 aromatic heterocycles. The Bertz CT molecular complexity index is 1200. The third kappa shape index (κ3) is 3.74. The first-order valence-corrected chi connectivity index (χ1v) is 9.57. The number of anilines is 1. The molecule has 5 rings (SSSR count). The van der Waals surface area contributed by atoms with E-state index in [1.807, 2.05) is 11.8 Å². The zero-order chi connectivity index (χ0) is 21.6. The molecule has 2 aliphatic heterocycles. The number of aliphatic imine (C=N–C) groups is 2. The molecule has 0 aromatic carbocycles. The lowest BCUT2D eigenvalue weighted by atomic mass is 10.2. The number of amidine groups is 1. The van der Waals surface area contributed by atoms with E-state index in [4.69, 9.17) is 4.74 Å². The van der Waals surface area contributed by atoms with E-state index in [0.29, 0.717) is 43.6 Å². The van der Waals surface area contributed by atoms with Crippen LogP contribution in [0.5, 0.6) is 0 Å². The van der Waals surface area contributed by atoms with Crippen molar-refractivity contribution in [2.45, 2.75) is 19.2 Å². The maximum atomic E-state index is 13.1. The maximum absolute atomic E-state index is 13.1. The van der Waals surface area contributed by atoms with Crippen LogP contribution in [0.25, 0.3) is 17.2 Å². The van der Waals surface area contributed by atoms with Crippen LogP contribution < -0.4 is 4.90 Å². The van der Waals surface area contributed by atoms with Crippen molar-refractivity contribution in [3.63, 3.8) is 0 Å². The van der Waals surface area contributed by atoms with Crippen LogP contribution in [0.1, 0.15) is 12.6 Å². The molecule has 0 bridgehead atoms. The maximum Gasteiger partial charge on any atom is 0.434 e. The van der Waals surface area contributed by atoms with Crippen LogP contribution in [-0.4, -0.2) is 68.2 Å². The molecule has 3 aromatic rings. The molecule has 1 atom stereocenters. The molecule has 1 fully saturated rings. The zero-order valence-corrected chi connectivity index (χ0v) is 16.4. The van der Waals surface area contributed by atoms with E-state index < -0.39 is 11.9 Å². The van der Waals surface area contributed by atoms with Crippen LogP contribution in [0.15, 0.2) is 40.8 Å². The summed E-state index contributed by atoms with van der Waals surface area (Å²) in [6, 6.07) is 1.75. The highest BCUT2D eigenvalue weighted by atomic mass is 19.4. The van der Waals surface area contributed by atoms with E-state index in [1.54, 1.807) is 12.3 Å². The number of morpholine rings is 1. The predicted molar refractivity (Wildman–Crippen MR) is 106 cm³/mol. The molecule has 0 amide bonds. The Kier molecular flexibility index (Phi) is 4.65. The average molecular weight is 430 g/mol. The number of halogens is 3. The van der Waals surface area contributed by atoms with Crippen molar-refractivity contribution in [3.8, 4) is 11.5 Å². The molecule has 0 spiro atoms. The number of hydrogen-bond acceptors (Lipinski definition) is 8. The summed E-state index contributed by atoms with van der Waals surface area (Å²) in [6.07, 6.45) is 0.155. The lowest BCUT2D eigenvalue weighted by Gasteiger charge is -2.33. The zero-order valence-electron chi connectivity index (χ0n) is 16.4. The number of imidazole rings is 1. The van der Waals surface area contributed by atoms with Crippen LogP contribution in [0.3, 0.4) is 0 Å². The van der Waals surface area contributed by atoms with Crippen LogP contribution in [0.2, 0.25) is 0 Å². The first kappa shape index (κ1) is 19.5. The molecule has 12 heteroatoms. The SMILES string of the molecule is CC1=NC(C2CN(c3ccnc(-c4cnc5cnc(C(F)(F)F)cn45)n3)CCO2)=NC1. The summed E-state index contributed by atoms with van der Waals surface area (Å²) in [7, 11) is 0. The largest absolute Gasteiger partial charge is 0.434 e. The Morgan fingerprint density at radius 3 is 2.81 bits per heavy atom. The van der Waals surface area contributed by atoms with Gasteiger partial charge in [-0.25, -0.2) is 24.9 Å². The highest BCUT2D eigenvalue weighted by Gasteiger charge is 2.33. The topological polar surface area (TPSA) is 93.2 Å². The molecule has 2 aliphatic rings. The number of hydrogen-bond donors (Lipinski definition) is 0. The second kappa shape index (κ2) is 7.38. The highest BCUT2D eigenvalue weighted by molar-refractivity contribution is 6.05. The second-order valence-corrected chi connectivity index (χ2v) is 7.21. The number of rotatable bonds is 3. The van der Waals surface area contributed by atoms with Gasteiger partial charge in [0.25, 0.3) is 0 Å². The fourth-order valence-corrected chi connectivity index (χ4v) is 3.50. The van der Waals surface area contributed by atoms with Crippen LogP contribution in [0, 0.1) is 0 Å². The van der Waals surface area contributed by atoms with Gasteiger partial charge >= 0.3 is 6.18 Å². The number of aromatic nitrogens is 5. The summed E-state index contributed by atoms with van der Waals surface area (Å²) in [5.74, 6) is 1.57. The highest BCUT2D eigenvalue weighted by Crippen LogP contribution is 2.29. The van der Waals surface area contributed by atoms with Crippen molar-refractivity contribution >= 4 is 23.0 Å². The molecule has 1 saturated heterocycles. The summed E-state index contributed by atoms with van der Waals surface area (Å²) in [6.45, 7) is 4.10. The van der Waals surface area contributed by atoms with Gasteiger partial charge in [0.05, 0.1) is 32.1 Å². The number of alkyl halides is 3. The van der Waals surface area contributed by atoms with E-state index in [1.165, 1.54) is 10.6 Å². The van der Waals surface area contributed by atoms with Gasteiger partial charge in [0.2, 0.25) is 0 Å². The van der Waals surface area contributed by atoms with Gasteiger partial charge in [0, 0.05) is 24.7 Å². The summed E-state index contributed by atoms with van der Waals surface area (Å²) >= 11 is 0. The summed E-state index contributed by atoms with van der Waals surface area (Å²) < 4.78 is 46.4. The Labute approximate surface area is 174 Å². The van der Waals surface area contributed by atoms with Crippen molar-refractivity contribution in [2.75, 3.05) is 31.1 Å². The quantitative estimate of drug-likeness (QED) is 0.633. The van der Waals surface area contributed by atoms with Gasteiger partial charge in [-0.1, -0.05) is 0 Å². The van der Waals surface area contributed by atoms with Gasteiger partial charge in [-0.15, -0.1) is 0 Å². The molecule has 9 nitrogen and oxygen atoms in total. The number of ether oxygens (including phenoxy) is 1. The van der Waals surface area contributed by atoms with Gasteiger partial charge in [0.15, 0.2) is 23.0 Å². The van der Waals surface area contributed by atoms with Crippen molar-refractivity contribution in [1.29, 1.82) is 0 Å². The Balaban J connectivity index is 1.46. The van der Waals surface area contributed by atoms with Crippen molar-refractivity contribution in [3.05, 3.63) is 36.5 Å². The second-order valence-electron chi connectivity index (χ2n) is 7.21. The molecule has 0 aliphatic carbocycles. The minimum absolute atomic E-state index is 0.263. The van der Waals surface area contributed by atoms with Crippen molar-refractivity contribution in [1.82, 2.24) is 24.3 Å². The molecular weight excluding hydrogens is 413 g/mol. The fraction of sp³-hybridized carbons (Fsp3) is 0.368. The predicted octanol–water partition coefficient (Wildman–Crippen LogP) is 2.28. The minimum Gasteiger partial charge on any atom is -0.367 e. The summed E-state index contributed by atoms with van der Waals surface area (Å²) in [5, 5.41) is 0. The van der Waals surface area contributed by atoms with E-state index in [-0.39, 0.29) is 17.6 Å². The molecule has 5 heterocycles. The van der Waals surface area contributed by atoms with E-state index in [0.717, 1.165) is 18.1 Å². The number of nitrogens with zero attached hydrogens (tertiary/aromatic N) is 8. The van der Waals surface area contributed by atoms with Gasteiger partial charge in [-0.2, -0.15) is 13.2 Å². The van der Waals surface area contributed by atoms with Crippen LogP contribution >= 0.6 is 0 Å². The normalized spacial score (nSPS) is 19.6. The molecule has 0 N–H and O–H groups in total. The van der Waals surface area contributed by atoms with Gasteiger partial charge in [-0.3, -0.25) is 9.39 Å². The molecule has 0 saturated carbocycles. The fourth-order valence-electron chi connectivity index (χ4n) is 3.50. The van der Waals surface area contributed by atoms with Crippen molar-refractivity contribution in [2.24, 2.45) is 9.98 Å². The molecule has 1 unspecified atom stereocenters. The Morgan fingerprint density at radius 2 is 2.03 bits per heavy atom. The van der Waals surface area contributed by atoms with Crippen LogP contribution in [-0.2, 0) is 10.9 Å². The monoisotopic (exact) mass is 430 g/mol. The molecule has 160 valence electrons. The lowest BCUT2D eigenvalue weighted by molar-refractivity contribution is -0.141. The Hall–Kier alpha value is -3.41. The third-order valence-electron chi connectivity index (χ3n) is 5.01. The molecular formula is C19H17F3N8O. The summed E-state index contributed by atoms with van der Waals surface area (Å²) in [5.41, 5.74) is 0.547. The van der Waals surface area contributed by atoms with Crippen LogP contribution in [0.4, 0.5) is 19.0 Å². The minimum atomic E-state index is -4.56. The standard InChI is InChI=1S/C19H17F3N8O/c1-11-6-26-18(27-11)13-9-29(4-5-31-13)15-2-3-23-17(28-15)12-7-25-16-8-24-14(10-30(12)16)19(20,21)22/h2-3,7-8,10,13H,4-6,9H2,1H3. The van der Waals surface area contributed by atoms with E-state index >= 15 is 0 Å². The smallest absolute Gasteiger partial charge is 0.367 e. The number of fused-ring (bicyclic) bond motifs is 1. The average Bonchev–Trinajstić information content (AvgIpc) is 3.39. The molecule has 31 heavy (non-hydrogen) atoms. The lowest BCUT2D eigenvalue weighted by Crippen LogP contribution is -2.46. The van der Waals surface area contributed by atoms with Gasteiger partial charge in [0.1, 0.15) is 17.6 Å². The van der Waals surface area contributed by atoms with Crippen molar-refractivity contribution < 1.29 is 17.9 Å². The van der Waals surface area contributed by atoms with Gasteiger partial charge < -0.3 is 9.64 Å². The Morgan fingerprint density at radius 1 is 1.16 bits per heavy atom. The first-order chi connectivity index (χ1) is 14.9. The van der Waals surface area contributed by atoms with E-state index in [2.05, 4.69) is 29.9 Å². The summed E-state index contributed by atoms with van der Waals surface area (Å²) in [4.78, 5) is 27.2. The first-order valence-electron chi connectivity index (χ1n) is 9.57. The third-order valence-corrected chi connectivity index (χ3v) is 5.01. The van der Waals surface area contributed by atoms with Gasteiger partial charge in [-0.05, 0) is 13.0 Å². The van der Waals surface area contributed by atoms with E-state index in [9.17, 15) is 13.2 Å².